The SMILES string of the molecule is CC(C)(O/N=C(\C(=O)N[C@@H]1C(=O)N2C(c3nn[nH]n3)=C(C[N+]3(CCNC(=O)c4ccc(O)c(O)c4F)CCCC3)CS[C@H]12)c1csc(N)n1)C(=O)O. The number of nitrogen functional groups attached to an aromatic ring is 1. The molecule has 0 unspecified atom stereocenters. The van der Waals surface area contributed by atoms with E-state index >= 15 is 0 Å². The maximum absolute atomic E-state index is 14.4. The summed E-state index contributed by atoms with van der Waals surface area (Å²) >= 11 is 2.46. The van der Waals surface area contributed by atoms with Crippen LogP contribution in [0.5, 0.6) is 11.5 Å². The molecule has 6 rings (SSSR count). The molecule has 0 bridgehead atoms. The molecule has 2 fully saturated rings. The lowest BCUT2D eigenvalue weighted by atomic mass is 10.0. The Balaban J connectivity index is 1.19. The number of β-lactam (4-membered cyclic amide) rings is 1. The lowest BCUT2D eigenvalue weighted by Crippen LogP contribution is -2.70. The molecular weight excluding hydrogens is 726 g/mol. The molecule has 0 aliphatic carbocycles. The fourth-order valence-corrected chi connectivity index (χ4v) is 8.07. The van der Waals surface area contributed by atoms with Crippen LogP contribution in [-0.4, -0.2) is 135 Å². The van der Waals surface area contributed by atoms with Gasteiger partial charge in [-0.25, -0.2) is 14.2 Å². The number of oxime groups is 1. The number of carbonyl (C=O) groups is 4. The Morgan fingerprint density at radius 1 is 1.25 bits per heavy atom. The smallest absolute Gasteiger partial charge is 0.350 e. The summed E-state index contributed by atoms with van der Waals surface area (Å²) < 4.78 is 15.0. The van der Waals surface area contributed by atoms with Crippen LogP contribution in [0.1, 0.15) is 48.6 Å². The summed E-state index contributed by atoms with van der Waals surface area (Å²) in [6.07, 6.45) is 1.85. The molecule has 52 heavy (non-hydrogen) atoms. The standard InChI is InChI=1S/C30H34FN11O8S2/c1-30(2,28(48)49)50-38-19(16-13-52-29(32)34-16)25(46)35-20-26(47)41-21(23-36-39-40-37-23)14(12-51-27(20)41)11-42(8-3-4-9-42)10-7-33-24(45)15-5-6-17(43)22(44)18(15)31/h5-6,13,20,27H,3-4,7-12H2,1-2H3,(H7-,32,33,34,35,36,37,38,39,40,43,44,45,46,48,49)/p+1/t20-,27-/m1/s1. The van der Waals surface area contributed by atoms with Crippen LogP contribution in [0.15, 0.2) is 28.2 Å². The largest absolute Gasteiger partial charge is 0.504 e. The third-order valence-corrected chi connectivity index (χ3v) is 11.0. The zero-order chi connectivity index (χ0) is 37.4. The Hall–Kier alpha value is -5.35. The quantitative estimate of drug-likeness (QED) is 0.0404. The molecule has 3 aromatic rings. The van der Waals surface area contributed by atoms with Crippen LogP contribution < -0.4 is 16.4 Å². The summed E-state index contributed by atoms with van der Waals surface area (Å²) in [5, 5.41) is 53.3. The van der Waals surface area contributed by atoms with E-state index in [0.29, 0.717) is 29.0 Å². The van der Waals surface area contributed by atoms with E-state index in [1.54, 1.807) is 0 Å². The number of tetrazole rings is 1. The summed E-state index contributed by atoms with van der Waals surface area (Å²) in [5.74, 6) is -5.60. The van der Waals surface area contributed by atoms with Gasteiger partial charge in [0.05, 0.1) is 37.4 Å². The minimum Gasteiger partial charge on any atom is -0.504 e. The van der Waals surface area contributed by atoms with Crippen molar-refractivity contribution in [2.24, 2.45) is 5.16 Å². The van der Waals surface area contributed by atoms with Gasteiger partial charge in [-0.2, -0.15) is 5.21 Å². The number of benzene rings is 1. The number of aliphatic carboxylic acids is 1. The van der Waals surface area contributed by atoms with Gasteiger partial charge in [-0.1, -0.05) is 5.16 Å². The highest BCUT2D eigenvalue weighted by Crippen LogP contribution is 2.44. The minimum absolute atomic E-state index is 0.0398. The van der Waals surface area contributed by atoms with E-state index in [2.05, 4.69) is 41.4 Å². The number of rotatable bonds is 13. The number of thioether (sulfide) groups is 1. The summed E-state index contributed by atoms with van der Waals surface area (Å²) in [5.41, 5.74) is 4.58. The predicted octanol–water partition coefficient (Wildman–Crippen LogP) is 0.224. The molecule has 3 aliphatic rings. The fraction of sp³-hybridized carbons (Fsp3) is 0.433. The molecule has 276 valence electrons. The van der Waals surface area contributed by atoms with Crippen molar-refractivity contribution < 1.29 is 48.2 Å². The highest BCUT2D eigenvalue weighted by Gasteiger charge is 2.55. The first-order chi connectivity index (χ1) is 24.7. The maximum atomic E-state index is 14.4. The number of fused-ring (bicyclic) bond motifs is 1. The second kappa shape index (κ2) is 14.3. The van der Waals surface area contributed by atoms with Gasteiger partial charge < -0.3 is 41.0 Å². The number of hydrogen-bond donors (Lipinski definition) is 7. The van der Waals surface area contributed by atoms with E-state index in [1.807, 2.05) is 0 Å². The molecule has 5 heterocycles. The summed E-state index contributed by atoms with van der Waals surface area (Å²) in [4.78, 5) is 62.5. The molecule has 0 saturated carbocycles. The number of aromatic amines is 1. The number of aromatic nitrogens is 5. The maximum Gasteiger partial charge on any atom is 0.350 e. The van der Waals surface area contributed by atoms with Gasteiger partial charge in [0, 0.05) is 29.5 Å². The number of likely N-dealkylation sites (tertiary alicyclic amines) is 1. The number of hydrogen-bond acceptors (Lipinski definition) is 15. The van der Waals surface area contributed by atoms with E-state index in [-0.39, 0.29) is 28.9 Å². The number of nitrogens with two attached hydrogens (primary N) is 1. The Labute approximate surface area is 302 Å². The molecule has 22 heteroatoms. The van der Waals surface area contributed by atoms with Crippen LogP contribution in [0.4, 0.5) is 9.52 Å². The predicted molar refractivity (Wildman–Crippen MR) is 183 cm³/mol. The Morgan fingerprint density at radius 2 is 2.00 bits per heavy atom. The third kappa shape index (κ3) is 7.08. The van der Waals surface area contributed by atoms with Crippen molar-refractivity contribution >= 4 is 63.3 Å². The van der Waals surface area contributed by atoms with Gasteiger partial charge in [0.1, 0.15) is 23.7 Å². The lowest BCUT2D eigenvalue weighted by molar-refractivity contribution is -0.911. The van der Waals surface area contributed by atoms with Crippen LogP contribution in [0.25, 0.3) is 5.70 Å². The molecule has 0 radical (unpaired) electrons. The Bertz CT molecular complexity index is 1960. The zero-order valence-corrected chi connectivity index (χ0v) is 29.5. The average molecular weight is 761 g/mol. The molecule has 19 nitrogen and oxygen atoms in total. The fourth-order valence-electron chi connectivity index (χ4n) is 6.19. The van der Waals surface area contributed by atoms with Gasteiger partial charge in [0.2, 0.25) is 11.4 Å². The number of thiazole rings is 1. The third-order valence-electron chi connectivity index (χ3n) is 9.00. The number of nitrogens with one attached hydrogen (secondary N) is 3. The molecule has 0 spiro atoms. The number of carbonyl (C=O) groups excluding carboxylic acids is 3. The van der Waals surface area contributed by atoms with Crippen molar-refractivity contribution in [2.75, 3.05) is 44.2 Å². The topological polar surface area (TPSA) is 271 Å². The van der Waals surface area contributed by atoms with E-state index in [4.69, 9.17) is 10.6 Å². The van der Waals surface area contributed by atoms with E-state index in [1.165, 1.54) is 35.9 Å². The van der Waals surface area contributed by atoms with Crippen LogP contribution in [-0.2, 0) is 19.2 Å². The second-order valence-electron chi connectivity index (χ2n) is 12.9. The van der Waals surface area contributed by atoms with Crippen LogP contribution in [0.3, 0.4) is 0 Å². The molecule has 2 atom stereocenters. The van der Waals surface area contributed by atoms with Crippen molar-refractivity contribution in [2.45, 2.75) is 43.7 Å². The number of quaternary nitrogens is 1. The number of anilines is 1. The number of H-pyrrole nitrogens is 1. The summed E-state index contributed by atoms with van der Waals surface area (Å²) in [6, 6.07) is 1.13. The van der Waals surface area contributed by atoms with Crippen molar-refractivity contribution in [3.63, 3.8) is 0 Å². The number of phenols is 2. The zero-order valence-electron chi connectivity index (χ0n) is 27.8. The highest BCUT2D eigenvalue weighted by molar-refractivity contribution is 8.00. The first-order valence-electron chi connectivity index (χ1n) is 16.0. The number of phenolic OH excluding ortho intramolecular Hbond substituents is 2. The number of nitrogens with zero attached hydrogens (tertiary/aromatic N) is 7. The molecule has 2 aromatic heterocycles. The number of amides is 3. The van der Waals surface area contributed by atoms with Crippen LogP contribution in [0, 0.1) is 5.82 Å². The van der Waals surface area contributed by atoms with Gasteiger partial charge in [-0.15, -0.1) is 33.3 Å². The summed E-state index contributed by atoms with van der Waals surface area (Å²) in [7, 11) is 0. The lowest BCUT2D eigenvalue weighted by Gasteiger charge is -2.50. The Kier molecular flexibility index (Phi) is 10.1. The van der Waals surface area contributed by atoms with Crippen molar-refractivity contribution in [1.29, 1.82) is 0 Å². The van der Waals surface area contributed by atoms with E-state index in [0.717, 1.165) is 55.0 Å². The van der Waals surface area contributed by atoms with Gasteiger partial charge in [-0.3, -0.25) is 19.3 Å². The molecule has 3 aliphatic heterocycles. The first-order valence-corrected chi connectivity index (χ1v) is 17.9. The van der Waals surface area contributed by atoms with E-state index in [9.17, 15) is 38.9 Å². The van der Waals surface area contributed by atoms with Crippen molar-refractivity contribution in [3.8, 4) is 11.5 Å². The summed E-state index contributed by atoms with van der Waals surface area (Å²) in [6.45, 7) is 5.21. The normalized spacial score (nSPS) is 19.9. The van der Waals surface area contributed by atoms with E-state index < -0.39 is 63.6 Å². The van der Waals surface area contributed by atoms with Crippen molar-refractivity contribution in [3.05, 3.63) is 46.0 Å². The van der Waals surface area contributed by atoms with Crippen molar-refractivity contribution in [1.82, 2.24) is 41.1 Å². The van der Waals surface area contributed by atoms with Gasteiger partial charge >= 0.3 is 5.97 Å². The number of halogens is 1. The number of aromatic hydroxyl groups is 2. The molecule has 3 amide bonds. The molecule has 8 N–H and O–H groups in total. The highest BCUT2D eigenvalue weighted by atomic mass is 32.2. The monoisotopic (exact) mass is 760 g/mol. The van der Waals surface area contributed by atoms with Gasteiger partial charge in [0.25, 0.3) is 17.7 Å². The number of carboxylic acids is 1. The van der Waals surface area contributed by atoms with Crippen LogP contribution in [0.2, 0.25) is 0 Å². The van der Waals surface area contributed by atoms with Gasteiger partial charge in [-0.05, 0) is 31.2 Å². The number of carboxylic acid groups (broad SMARTS) is 1. The van der Waals surface area contributed by atoms with Gasteiger partial charge in [0.15, 0.2) is 28.2 Å². The molecule has 1 aromatic carbocycles. The van der Waals surface area contributed by atoms with Crippen LogP contribution >= 0.6 is 23.1 Å². The molecule has 2 saturated heterocycles. The first kappa shape index (κ1) is 36.4. The Morgan fingerprint density at radius 3 is 2.65 bits per heavy atom. The average Bonchev–Trinajstić information content (AvgIpc) is 3.90. The molecular formula is C30H35FN11O8S2+. The minimum atomic E-state index is -1.77. The second-order valence-corrected chi connectivity index (χ2v) is 14.9.